The standard InChI is InChI=1S/C17H21BrF3N3O2/c1-15(2,3)26-14(25)24-7-6-23(10-16(24)4-5-16)13-11(17(19,20)21)8-22-9-12(13)18/h8-9H,4-7,10H2,1-3H3. The highest BCUT2D eigenvalue weighted by Gasteiger charge is 2.55. The molecule has 0 aromatic carbocycles. The van der Waals surface area contributed by atoms with Crippen LogP contribution >= 0.6 is 15.9 Å². The van der Waals surface area contributed by atoms with Crippen LogP contribution < -0.4 is 4.90 Å². The lowest BCUT2D eigenvalue weighted by molar-refractivity contribution is -0.137. The van der Waals surface area contributed by atoms with Gasteiger partial charge in [-0.1, -0.05) is 0 Å². The molecule has 1 saturated carbocycles. The van der Waals surface area contributed by atoms with Crippen LogP contribution in [0.15, 0.2) is 16.9 Å². The van der Waals surface area contributed by atoms with Crippen LogP contribution in [0.5, 0.6) is 0 Å². The molecular weight excluding hydrogens is 415 g/mol. The molecule has 2 heterocycles. The molecule has 0 N–H and O–H groups in total. The molecule has 0 radical (unpaired) electrons. The number of alkyl halides is 3. The summed E-state index contributed by atoms with van der Waals surface area (Å²) in [7, 11) is 0. The number of hydrogen-bond donors (Lipinski definition) is 0. The van der Waals surface area contributed by atoms with E-state index in [1.807, 2.05) is 0 Å². The van der Waals surface area contributed by atoms with Crippen molar-refractivity contribution in [1.82, 2.24) is 9.88 Å². The quantitative estimate of drug-likeness (QED) is 0.653. The lowest BCUT2D eigenvalue weighted by Crippen LogP contribution is -2.58. The number of anilines is 1. The summed E-state index contributed by atoms with van der Waals surface area (Å²) in [6.45, 7) is 6.35. The first-order chi connectivity index (χ1) is 11.9. The molecule has 1 saturated heterocycles. The van der Waals surface area contributed by atoms with Crippen molar-refractivity contribution >= 4 is 27.7 Å². The Morgan fingerprint density at radius 1 is 1.23 bits per heavy atom. The Hall–Kier alpha value is -1.51. The second kappa shape index (κ2) is 6.28. The van der Waals surface area contributed by atoms with Crippen molar-refractivity contribution in [2.75, 3.05) is 24.5 Å². The molecule has 0 atom stereocenters. The maximum atomic E-state index is 13.4. The SMILES string of the molecule is CC(C)(C)OC(=O)N1CCN(c2c(Br)cncc2C(F)(F)F)CC12CC2. The molecule has 1 aliphatic carbocycles. The molecule has 1 spiro atoms. The molecule has 5 nitrogen and oxygen atoms in total. The first-order valence-corrected chi connectivity index (χ1v) is 9.19. The first kappa shape index (κ1) is 19.3. The smallest absolute Gasteiger partial charge is 0.419 e. The third kappa shape index (κ3) is 3.77. The minimum atomic E-state index is -4.49. The van der Waals surface area contributed by atoms with Gasteiger partial charge < -0.3 is 9.64 Å². The Balaban J connectivity index is 1.85. The van der Waals surface area contributed by atoms with Crippen LogP contribution in [0.3, 0.4) is 0 Å². The zero-order valence-corrected chi connectivity index (χ0v) is 16.4. The maximum Gasteiger partial charge on any atom is 0.419 e. The van der Waals surface area contributed by atoms with Crippen LogP contribution in [0.1, 0.15) is 39.2 Å². The fraction of sp³-hybridized carbons (Fsp3) is 0.647. The molecule has 0 bridgehead atoms. The first-order valence-electron chi connectivity index (χ1n) is 8.39. The highest BCUT2D eigenvalue weighted by atomic mass is 79.9. The van der Waals surface area contributed by atoms with Crippen LogP contribution in [-0.4, -0.2) is 46.8 Å². The molecule has 144 valence electrons. The maximum absolute atomic E-state index is 13.4. The van der Waals surface area contributed by atoms with E-state index in [1.54, 1.807) is 30.6 Å². The molecule has 1 amide bonds. The van der Waals surface area contributed by atoms with Crippen molar-refractivity contribution in [2.24, 2.45) is 0 Å². The second-order valence-electron chi connectivity index (χ2n) is 7.79. The number of carbonyl (C=O) groups excluding carboxylic acids is 1. The van der Waals surface area contributed by atoms with E-state index >= 15 is 0 Å². The fourth-order valence-electron chi connectivity index (χ4n) is 3.30. The summed E-state index contributed by atoms with van der Waals surface area (Å²) in [6.07, 6.45) is -1.17. The topological polar surface area (TPSA) is 45.7 Å². The Morgan fingerprint density at radius 2 is 1.88 bits per heavy atom. The Bertz CT molecular complexity index is 714. The number of rotatable bonds is 1. The predicted octanol–water partition coefficient (Wildman–Crippen LogP) is 4.45. The molecule has 3 rings (SSSR count). The van der Waals surface area contributed by atoms with Crippen LogP contribution in [-0.2, 0) is 10.9 Å². The zero-order chi connectivity index (χ0) is 19.3. The van der Waals surface area contributed by atoms with Crippen molar-refractivity contribution < 1.29 is 22.7 Å². The number of halogens is 4. The summed E-state index contributed by atoms with van der Waals surface area (Å²) < 4.78 is 46.0. The number of ether oxygens (including phenoxy) is 1. The number of pyridine rings is 1. The summed E-state index contributed by atoms with van der Waals surface area (Å²) >= 11 is 3.21. The number of carbonyl (C=O) groups is 1. The summed E-state index contributed by atoms with van der Waals surface area (Å²) in [5.41, 5.74) is -1.75. The molecule has 2 fully saturated rings. The molecular formula is C17H21BrF3N3O2. The molecule has 1 aromatic rings. The molecule has 0 unspecified atom stereocenters. The molecule has 1 aromatic heterocycles. The van der Waals surface area contributed by atoms with Gasteiger partial charge in [-0.2, -0.15) is 13.2 Å². The molecule has 9 heteroatoms. The van der Waals surface area contributed by atoms with E-state index in [0.29, 0.717) is 24.1 Å². The van der Waals surface area contributed by atoms with Gasteiger partial charge in [-0.05, 0) is 49.5 Å². The van der Waals surface area contributed by atoms with Gasteiger partial charge in [0.2, 0.25) is 0 Å². The average Bonchev–Trinajstić information content (AvgIpc) is 3.23. The van der Waals surface area contributed by atoms with Gasteiger partial charge in [-0.3, -0.25) is 9.88 Å². The number of nitrogens with zero attached hydrogens (tertiary/aromatic N) is 3. The van der Waals surface area contributed by atoms with Gasteiger partial charge in [0.25, 0.3) is 0 Å². The van der Waals surface area contributed by atoms with Crippen molar-refractivity contribution in [3.05, 3.63) is 22.4 Å². The lowest BCUT2D eigenvalue weighted by Gasteiger charge is -2.44. The number of hydrogen-bond acceptors (Lipinski definition) is 4. The van der Waals surface area contributed by atoms with Crippen LogP contribution in [0, 0.1) is 0 Å². The minimum Gasteiger partial charge on any atom is -0.444 e. The summed E-state index contributed by atoms with van der Waals surface area (Å²) in [5.74, 6) is 0. The van der Waals surface area contributed by atoms with E-state index in [0.717, 1.165) is 19.0 Å². The van der Waals surface area contributed by atoms with Gasteiger partial charge >= 0.3 is 12.3 Å². The van der Waals surface area contributed by atoms with E-state index in [4.69, 9.17) is 4.74 Å². The minimum absolute atomic E-state index is 0.0858. The second-order valence-corrected chi connectivity index (χ2v) is 8.65. The fourth-order valence-corrected chi connectivity index (χ4v) is 3.88. The summed E-state index contributed by atoms with van der Waals surface area (Å²) in [6, 6.07) is 0. The normalized spacial score (nSPS) is 19.7. The molecule has 2 aliphatic rings. The van der Waals surface area contributed by atoms with Crippen LogP contribution in [0.2, 0.25) is 0 Å². The average molecular weight is 436 g/mol. The van der Waals surface area contributed by atoms with Crippen molar-refractivity contribution in [3.63, 3.8) is 0 Å². The molecule has 1 aliphatic heterocycles. The summed E-state index contributed by atoms with van der Waals surface area (Å²) in [5, 5.41) is 0. The van der Waals surface area contributed by atoms with E-state index in [-0.39, 0.29) is 5.69 Å². The number of aromatic nitrogens is 1. The van der Waals surface area contributed by atoms with Crippen molar-refractivity contribution in [3.8, 4) is 0 Å². The van der Waals surface area contributed by atoms with Gasteiger partial charge in [-0.25, -0.2) is 4.79 Å². The molecule has 26 heavy (non-hydrogen) atoms. The van der Waals surface area contributed by atoms with Gasteiger partial charge in [0.15, 0.2) is 0 Å². The van der Waals surface area contributed by atoms with Crippen molar-refractivity contribution in [1.29, 1.82) is 0 Å². The Morgan fingerprint density at radius 3 is 2.42 bits per heavy atom. The van der Waals surface area contributed by atoms with Crippen LogP contribution in [0.4, 0.5) is 23.7 Å². The lowest BCUT2D eigenvalue weighted by atomic mass is 10.1. The van der Waals surface area contributed by atoms with Gasteiger partial charge in [0.05, 0.1) is 21.3 Å². The van der Waals surface area contributed by atoms with Gasteiger partial charge in [-0.15, -0.1) is 0 Å². The number of piperazine rings is 1. The third-order valence-electron chi connectivity index (χ3n) is 4.59. The van der Waals surface area contributed by atoms with E-state index in [1.165, 1.54) is 6.20 Å². The largest absolute Gasteiger partial charge is 0.444 e. The van der Waals surface area contributed by atoms with Gasteiger partial charge in [0, 0.05) is 32.0 Å². The highest BCUT2D eigenvalue weighted by Crippen LogP contribution is 2.48. The van der Waals surface area contributed by atoms with E-state index in [2.05, 4.69) is 20.9 Å². The highest BCUT2D eigenvalue weighted by molar-refractivity contribution is 9.10. The third-order valence-corrected chi connectivity index (χ3v) is 5.17. The van der Waals surface area contributed by atoms with Crippen LogP contribution in [0.25, 0.3) is 0 Å². The summed E-state index contributed by atoms with van der Waals surface area (Å²) in [4.78, 5) is 19.5. The zero-order valence-electron chi connectivity index (χ0n) is 14.9. The predicted molar refractivity (Wildman–Crippen MR) is 94.1 cm³/mol. The Labute approximate surface area is 158 Å². The van der Waals surface area contributed by atoms with E-state index in [9.17, 15) is 18.0 Å². The van der Waals surface area contributed by atoms with Crippen molar-refractivity contribution in [2.45, 2.75) is 50.9 Å². The number of amides is 1. The Kier molecular flexibility index (Phi) is 4.65. The van der Waals surface area contributed by atoms with E-state index < -0.39 is 29.0 Å². The van der Waals surface area contributed by atoms with Gasteiger partial charge in [0.1, 0.15) is 5.60 Å². The monoisotopic (exact) mass is 435 g/mol.